The Morgan fingerprint density at radius 2 is 2.12 bits per heavy atom. The van der Waals surface area contributed by atoms with Crippen molar-refractivity contribution in [2.45, 2.75) is 12.8 Å². The van der Waals surface area contributed by atoms with Gasteiger partial charge in [0, 0.05) is 18.8 Å². The number of aryl methyl sites for hydroxylation is 1. The van der Waals surface area contributed by atoms with Gasteiger partial charge in [0.15, 0.2) is 0 Å². The lowest BCUT2D eigenvalue weighted by Crippen LogP contribution is -2.31. The first-order valence-electron chi connectivity index (χ1n) is 7.08. The number of hydrogen-bond donors (Lipinski definition) is 1. The van der Waals surface area contributed by atoms with Crippen LogP contribution in [0.25, 0.3) is 0 Å². The van der Waals surface area contributed by atoms with Gasteiger partial charge in [0.05, 0.1) is 16.0 Å². The molecule has 1 atom stereocenters. The van der Waals surface area contributed by atoms with Crippen molar-refractivity contribution in [3.63, 3.8) is 0 Å². The minimum atomic E-state index is -0.713. The summed E-state index contributed by atoms with van der Waals surface area (Å²) in [6.07, 6.45) is 0. The molecule has 2 N–H and O–H groups in total. The fourth-order valence-corrected chi connectivity index (χ4v) is 3.16. The number of allylic oxidation sites excluding steroid dienone is 1. The van der Waals surface area contributed by atoms with Gasteiger partial charge in [0.25, 0.3) is 5.56 Å². The molecule has 0 saturated heterocycles. The first kappa shape index (κ1) is 16.3. The normalized spacial score (nSPS) is 16.4. The molecule has 1 aliphatic heterocycles. The highest BCUT2D eigenvalue weighted by Crippen LogP contribution is 2.41. The van der Waals surface area contributed by atoms with E-state index in [0.29, 0.717) is 22.6 Å². The number of hydrogen-bond acceptors (Lipinski definition) is 4. The number of pyridine rings is 1. The van der Waals surface area contributed by atoms with E-state index in [-0.39, 0.29) is 21.5 Å². The Kier molecular flexibility index (Phi) is 3.93. The van der Waals surface area contributed by atoms with E-state index in [4.69, 9.17) is 10.5 Å². The third-order valence-electron chi connectivity index (χ3n) is 4.13. The van der Waals surface area contributed by atoms with E-state index in [1.807, 2.05) is 6.07 Å². The predicted octanol–water partition coefficient (Wildman–Crippen LogP) is 2.81. The minimum Gasteiger partial charge on any atom is -0.440 e. The Morgan fingerprint density at radius 3 is 2.75 bits per heavy atom. The first-order chi connectivity index (χ1) is 11.3. The van der Waals surface area contributed by atoms with Gasteiger partial charge in [-0.2, -0.15) is 5.26 Å². The fourth-order valence-electron chi connectivity index (χ4n) is 2.77. The monoisotopic (exact) mass is 389 g/mol. The number of rotatable bonds is 1. The van der Waals surface area contributed by atoms with E-state index >= 15 is 0 Å². The van der Waals surface area contributed by atoms with Crippen molar-refractivity contribution in [3.8, 4) is 11.8 Å². The van der Waals surface area contributed by atoms with E-state index in [0.717, 1.165) is 0 Å². The molecule has 0 fully saturated rings. The fraction of sp³-hybridized carbons (Fsp3) is 0.176. The van der Waals surface area contributed by atoms with Crippen LogP contribution in [0.1, 0.15) is 22.7 Å². The molecule has 0 spiro atoms. The van der Waals surface area contributed by atoms with E-state index in [2.05, 4.69) is 15.9 Å². The highest BCUT2D eigenvalue weighted by molar-refractivity contribution is 9.10. The van der Waals surface area contributed by atoms with E-state index in [1.165, 1.54) is 16.7 Å². The molecule has 2 heterocycles. The molecule has 24 heavy (non-hydrogen) atoms. The summed E-state index contributed by atoms with van der Waals surface area (Å²) in [5.74, 6) is -0.881. The highest BCUT2D eigenvalue weighted by Gasteiger charge is 2.34. The van der Waals surface area contributed by atoms with Gasteiger partial charge in [-0.15, -0.1) is 0 Å². The quantitative estimate of drug-likeness (QED) is 0.812. The summed E-state index contributed by atoms with van der Waals surface area (Å²) in [7, 11) is 1.64. The number of fused-ring (bicyclic) bond motifs is 1. The number of nitrogens with zero attached hydrogens (tertiary/aromatic N) is 2. The van der Waals surface area contributed by atoms with E-state index < -0.39 is 11.7 Å². The molecule has 0 amide bonds. The second kappa shape index (κ2) is 5.80. The second-order valence-corrected chi connectivity index (χ2v) is 6.38. The zero-order chi connectivity index (χ0) is 17.6. The van der Waals surface area contributed by atoms with Crippen molar-refractivity contribution in [2.24, 2.45) is 12.8 Å². The Bertz CT molecular complexity index is 989. The third kappa shape index (κ3) is 2.39. The topological polar surface area (TPSA) is 81.0 Å². The standard InChI is InChI=1S/C17H13BrFN3O2/c1-8-5-13-15(17(23)22(8)2)14(10(7-20)16(21)24-13)9-3-4-12(19)11(18)6-9/h3-6,14H,21H2,1-2H3/t14-/m1/s1. The van der Waals surface area contributed by atoms with Crippen LogP contribution in [0.4, 0.5) is 4.39 Å². The van der Waals surface area contributed by atoms with Gasteiger partial charge in [0.1, 0.15) is 23.2 Å². The average molecular weight is 390 g/mol. The van der Waals surface area contributed by atoms with Crippen LogP contribution < -0.4 is 16.0 Å². The first-order valence-corrected chi connectivity index (χ1v) is 7.87. The number of nitriles is 1. The van der Waals surface area contributed by atoms with Gasteiger partial charge in [-0.3, -0.25) is 4.79 Å². The van der Waals surface area contributed by atoms with Crippen molar-refractivity contribution in [3.05, 3.63) is 73.2 Å². The lowest BCUT2D eigenvalue weighted by Gasteiger charge is -2.27. The van der Waals surface area contributed by atoms with Gasteiger partial charge in [-0.05, 0) is 40.5 Å². The van der Waals surface area contributed by atoms with Crippen LogP contribution in [0.15, 0.2) is 45.0 Å². The Labute approximate surface area is 145 Å². The number of halogens is 2. The zero-order valence-electron chi connectivity index (χ0n) is 12.9. The third-order valence-corrected chi connectivity index (χ3v) is 4.74. The molecule has 0 aliphatic carbocycles. The zero-order valence-corrected chi connectivity index (χ0v) is 14.5. The molecule has 0 radical (unpaired) electrons. The van der Waals surface area contributed by atoms with Crippen molar-refractivity contribution in [1.82, 2.24) is 4.57 Å². The molecule has 3 rings (SSSR count). The summed E-state index contributed by atoms with van der Waals surface area (Å²) >= 11 is 3.13. The van der Waals surface area contributed by atoms with Crippen molar-refractivity contribution >= 4 is 15.9 Å². The van der Waals surface area contributed by atoms with Gasteiger partial charge in [-0.25, -0.2) is 4.39 Å². The maximum atomic E-state index is 13.6. The lowest BCUT2D eigenvalue weighted by molar-refractivity contribution is 0.389. The highest BCUT2D eigenvalue weighted by atomic mass is 79.9. The summed E-state index contributed by atoms with van der Waals surface area (Å²) < 4.78 is 20.8. The summed E-state index contributed by atoms with van der Waals surface area (Å²) in [5, 5.41) is 9.49. The maximum absolute atomic E-state index is 13.6. The van der Waals surface area contributed by atoms with E-state index in [1.54, 1.807) is 26.1 Å². The molecule has 0 unspecified atom stereocenters. The average Bonchev–Trinajstić information content (AvgIpc) is 2.54. The van der Waals surface area contributed by atoms with Crippen molar-refractivity contribution < 1.29 is 9.13 Å². The minimum absolute atomic E-state index is 0.0527. The van der Waals surface area contributed by atoms with Gasteiger partial charge in [-0.1, -0.05) is 6.07 Å². The molecule has 2 aromatic rings. The molecule has 1 aromatic carbocycles. The van der Waals surface area contributed by atoms with Crippen molar-refractivity contribution in [1.29, 1.82) is 5.26 Å². The SMILES string of the molecule is Cc1cc2c(c(=O)n1C)[C@H](c1ccc(F)c(Br)c1)C(C#N)=C(N)O2. The second-order valence-electron chi connectivity index (χ2n) is 5.53. The van der Waals surface area contributed by atoms with Crippen LogP contribution >= 0.6 is 15.9 Å². The molecule has 0 saturated carbocycles. The molecule has 0 bridgehead atoms. The number of aromatic nitrogens is 1. The maximum Gasteiger partial charge on any atom is 0.258 e. The van der Waals surface area contributed by atoms with Crippen LogP contribution in [0.2, 0.25) is 0 Å². The summed E-state index contributed by atoms with van der Waals surface area (Å²) in [6.45, 7) is 1.77. The number of benzene rings is 1. The van der Waals surface area contributed by atoms with Crippen LogP contribution in [-0.4, -0.2) is 4.57 Å². The molecular formula is C17H13BrFN3O2. The Hall–Kier alpha value is -2.59. The number of ether oxygens (including phenoxy) is 1. The number of nitrogens with two attached hydrogens (primary N) is 1. The van der Waals surface area contributed by atoms with Gasteiger partial charge in [0.2, 0.25) is 5.88 Å². The molecule has 1 aliphatic rings. The Balaban J connectivity index is 2.35. The van der Waals surface area contributed by atoms with Crippen LogP contribution in [0.5, 0.6) is 5.75 Å². The van der Waals surface area contributed by atoms with Crippen molar-refractivity contribution in [2.75, 3.05) is 0 Å². The molecule has 1 aromatic heterocycles. The largest absolute Gasteiger partial charge is 0.440 e. The molecule has 122 valence electrons. The molecular weight excluding hydrogens is 377 g/mol. The smallest absolute Gasteiger partial charge is 0.258 e. The van der Waals surface area contributed by atoms with Gasteiger partial charge < -0.3 is 15.0 Å². The van der Waals surface area contributed by atoms with Crippen LogP contribution in [-0.2, 0) is 7.05 Å². The summed E-state index contributed by atoms with van der Waals surface area (Å²) in [4.78, 5) is 12.8. The lowest BCUT2D eigenvalue weighted by atomic mass is 9.84. The molecule has 5 nitrogen and oxygen atoms in total. The summed E-state index contributed by atoms with van der Waals surface area (Å²) in [5.41, 5.74) is 7.31. The predicted molar refractivity (Wildman–Crippen MR) is 89.8 cm³/mol. The van der Waals surface area contributed by atoms with Gasteiger partial charge >= 0.3 is 0 Å². The summed E-state index contributed by atoms with van der Waals surface area (Å²) in [6, 6.07) is 8.06. The molecule has 7 heteroatoms. The van der Waals surface area contributed by atoms with Crippen LogP contribution in [0, 0.1) is 24.1 Å². The Morgan fingerprint density at radius 1 is 1.42 bits per heavy atom. The van der Waals surface area contributed by atoms with E-state index in [9.17, 15) is 14.4 Å². The van der Waals surface area contributed by atoms with Crippen LogP contribution in [0.3, 0.4) is 0 Å².